The predicted molar refractivity (Wildman–Crippen MR) is 81.2 cm³/mol. The Morgan fingerprint density at radius 3 is 2.75 bits per heavy atom. The molecule has 0 aromatic carbocycles. The summed E-state index contributed by atoms with van der Waals surface area (Å²) in [6.45, 7) is 10.1. The minimum Gasteiger partial charge on any atom is -0.508 e. The summed E-state index contributed by atoms with van der Waals surface area (Å²) in [5, 5.41) is 10.5. The van der Waals surface area contributed by atoms with Crippen LogP contribution in [0.5, 0.6) is 0 Å². The van der Waals surface area contributed by atoms with Crippen molar-refractivity contribution in [1.29, 1.82) is 0 Å². The third-order valence-corrected chi connectivity index (χ3v) is 5.98. The molecule has 1 N–H and O–H groups in total. The van der Waals surface area contributed by atoms with Gasteiger partial charge in [0.15, 0.2) is 0 Å². The lowest BCUT2D eigenvalue weighted by atomic mass is 9.45. The first-order valence-electron chi connectivity index (χ1n) is 8.27. The second-order valence-corrected chi connectivity index (χ2v) is 7.43. The van der Waals surface area contributed by atoms with Crippen LogP contribution in [0.4, 0.5) is 0 Å². The topological polar surface area (TPSA) is 29.5 Å². The molecule has 3 aliphatic rings. The number of allylic oxidation sites excluding steroid dienone is 3. The Bertz CT molecular complexity index is 458. The fourth-order valence-corrected chi connectivity index (χ4v) is 5.16. The summed E-state index contributed by atoms with van der Waals surface area (Å²) in [4.78, 5) is 0. The number of hydrogen-bond acceptors (Lipinski definition) is 2. The Hall–Kier alpha value is -0.920. The number of rotatable bonds is 3. The maximum atomic E-state index is 10.5. The van der Waals surface area contributed by atoms with Crippen LogP contribution in [-0.4, -0.2) is 11.7 Å². The van der Waals surface area contributed by atoms with Crippen molar-refractivity contribution in [3.8, 4) is 0 Å². The second-order valence-electron chi connectivity index (χ2n) is 7.43. The van der Waals surface area contributed by atoms with Gasteiger partial charge in [0, 0.05) is 23.8 Å². The minimum atomic E-state index is 0.295. The summed E-state index contributed by atoms with van der Waals surface area (Å²) in [6.07, 6.45) is 6.58. The molecule has 0 radical (unpaired) electrons. The number of aliphatic hydroxyl groups excluding tert-OH is 1. The lowest BCUT2D eigenvalue weighted by Crippen LogP contribution is -2.58. The maximum Gasteiger partial charge on any atom is 0.118 e. The lowest BCUT2D eigenvalue weighted by Gasteiger charge is -2.61. The lowest BCUT2D eigenvalue weighted by molar-refractivity contribution is -0.126. The average Bonchev–Trinajstić information content (AvgIpc) is 2.39. The molecule has 0 spiro atoms. The molecule has 4 atom stereocenters. The smallest absolute Gasteiger partial charge is 0.118 e. The van der Waals surface area contributed by atoms with Gasteiger partial charge in [-0.25, -0.2) is 0 Å². The Labute approximate surface area is 122 Å². The summed E-state index contributed by atoms with van der Waals surface area (Å²) < 4.78 is 6.07. The highest BCUT2D eigenvalue weighted by Crippen LogP contribution is 2.63. The van der Waals surface area contributed by atoms with Gasteiger partial charge in [-0.1, -0.05) is 40.5 Å². The van der Waals surface area contributed by atoms with E-state index in [2.05, 4.69) is 33.8 Å². The summed E-state index contributed by atoms with van der Waals surface area (Å²) in [6, 6.07) is 0. The van der Waals surface area contributed by atoms with Gasteiger partial charge < -0.3 is 9.84 Å². The van der Waals surface area contributed by atoms with Crippen molar-refractivity contribution in [3.05, 3.63) is 23.2 Å². The highest BCUT2D eigenvalue weighted by Gasteiger charge is 2.59. The highest BCUT2D eigenvalue weighted by atomic mass is 16.5. The SMILES string of the molecule is CCCC1C=C(O)C2=C(C1)OC[C@@H]1C(CC)C(C)(C)[C@H]21. The van der Waals surface area contributed by atoms with Crippen LogP contribution in [0.15, 0.2) is 23.2 Å². The molecule has 1 saturated carbocycles. The third-order valence-electron chi connectivity index (χ3n) is 5.98. The van der Waals surface area contributed by atoms with Crippen LogP contribution in [0.3, 0.4) is 0 Å². The van der Waals surface area contributed by atoms with Crippen LogP contribution in [0.2, 0.25) is 0 Å². The van der Waals surface area contributed by atoms with E-state index < -0.39 is 0 Å². The molecule has 3 rings (SSSR count). The molecule has 1 fully saturated rings. The van der Waals surface area contributed by atoms with E-state index in [0.29, 0.717) is 28.9 Å². The summed E-state index contributed by atoms with van der Waals surface area (Å²) in [5.74, 6) is 3.89. The van der Waals surface area contributed by atoms with Crippen LogP contribution in [-0.2, 0) is 4.74 Å². The molecule has 0 saturated heterocycles. The summed E-state index contributed by atoms with van der Waals surface area (Å²) in [7, 11) is 0. The molecule has 0 bridgehead atoms. The molecule has 1 heterocycles. The molecular weight excluding hydrogens is 248 g/mol. The van der Waals surface area contributed by atoms with Crippen molar-refractivity contribution in [1.82, 2.24) is 0 Å². The first-order valence-corrected chi connectivity index (χ1v) is 8.27. The van der Waals surface area contributed by atoms with Crippen molar-refractivity contribution in [3.63, 3.8) is 0 Å². The first kappa shape index (κ1) is 14.0. The van der Waals surface area contributed by atoms with E-state index in [1.54, 1.807) is 0 Å². The van der Waals surface area contributed by atoms with E-state index >= 15 is 0 Å². The Balaban J connectivity index is 1.90. The quantitative estimate of drug-likeness (QED) is 0.800. The highest BCUT2D eigenvalue weighted by molar-refractivity contribution is 5.40. The van der Waals surface area contributed by atoms with Crippen LogP contribution in [0, 0.1) is 29.1 Å². The van der Waals surface area contributed by atoms with E-state index in [-0.39, 0.29) is 0 Å². The normalized spacial score (nSPS) is 38.3. The molecule has 0 amide bonds. The van der Waals surface area contributed by atoms with Crippen LogP contribution in [0.1, 0.15) is 53.4 Å². The van der Waals surface area contributed by atoms with Crippen molar-refractivity contribution in [2.45, 2.75) is 53.4 Å². The number of ether oxygens (including phenoxy) is 1. The van der Waals surface area contributed by atoms with Gasteiger partial charge >= 0.3 is 0 Å². The van der Waals surface area contributed by atoms with E-state index in [1.165, 1.54) is 6.42 Å². The van der Waals surface area contributed by atoms with Gasteiger partial charge in [0.25, 0.3) is 0 Å². The maximum absolute atomic E-state index is 10.5. The van der Waals surface area contributed by atoms with Gasteiger partial charge in [-0.2, -0.15) is 0 Å². The van der Waals surface area contributed by atoms with Gasteiger partial charge in [-0.3, -0.25) is 0 Å². The van der Waals surface area contributed by atoms with E-state index in [9.17, 15) is 5.11 Å². The monoisotopic (exact) mass is 276 g/mol. The summed E-state index contributed by atoms with van der Waals surface area (Å²) in [5.41, 5.74) is 1.44. The molecule has 20 heavy (non-hydrogen) atoms. The molecule has 2 nitrogen and oxygen atoms in total. The minimum absolute atomic E-state index is 0.295. The number of hydrogen-bond donors (Lipinski definition) is 1. The fourth-order valence-electron chi connectivity index (χ4n) is 5.16. The zero-order chi connectivity index (χ0) is 14.5. The molecule has 2 aliphatic carbocycles. The molecule has 2 unspecified atom stereocenters. The number of fused-ring (bicyclic) bond motifs is 2. The Morgan fingerprint density at radius 2 is 2.10 bits per heavy atom. The Kier molecular flexibility index (Phi) is 3.38. The zero-order valence-electron chi connectivity index (χ0n) is 13.3. The van der Waals surface area contributed by atoms with Crippen molar-refractivity contribution in [2.75, 3.05) is 6.61 Å². The van der Waals surface area contributed by atoms with Crippen LogP contribution < -0.4 is 0 Å². The van der Waals surface area contributed by atoms with Gasteiger partial charge in [0.1, 0.15) is 11.5 Å². The largest absolute Gasteiger partial charge is 0.508 e. The molecule has 2 heteroatoms. The van der Waals surface area contributed by atoms with E-state index in [1.807, 2.05) is 0 Å². The second kappa shape index (κ2) is 4.82. The zero-order valence-corrected chi connectivity index (χ0v) is 13.3. The standard InChI is InChI=1S/C18H28O2/c1-5-7-11-8-14(19)16-15(9-11)20-10-12-13(6-2)18(3,4)17(12)16/h8,11-13,17,19H,5-7,9-10H2,1-4H3/t11?,12-,13?,17+/m1/s1. The predicted octanol–water partition coefficient (Wildman–Crippen LogP) is 4.83. The van der Waals surface area contributed by atoms with Gasteiger partial charge in [0.2, 0.25) is 0 Å². The van der Waals surface area contributed by atoms with Crippen LogP contribution in [0.25, 0.3) is 0 Å². The molecule has 0 aromatic heterocycles. The molecule has 1 aliphatic heterocycles. The fraction of sp³-hybridized carbons (Fsp3) is 0.778. The molecule has 0 aromatic rings. The van der Waals surface area contributed by atoms with E-state index in [4.69, 9.17) is 4.74 Å². The third kappa shape index (κ3) is 1.83. The molecule has 112 valence electrons. The number of aliphatic hydroxyl groups is 1. The van der Waals surface area contributed by atoms with Crippen molar-refractivity contribution < 1.29 is 9.84 Å². The van der Waals surface area contributed by atoms with Gasteiger partial charge in [-0.15, -0.1) is 0 Å². The molecular formula is C18H28O2. The van der Waals surface area contributed by atoms with E-state index in [0.717, 1.165) is 43.1 Å². The average molecular weight is 276 g/mol. The van der Waals surface area contributed by atoms with Crippen LogP contribution >= 0.6 is 0 Å². The first-order chi connectivity index (χ1) is 9.50. The van der Waals surface area contributed by atoms with Crippen molar-refractivity contribution in [2.24, 2.45) is 29.1 Å². The Morgan fingerprint density at radius 1 is 1.35 bits per heavy atom. The summed E-state index contributed by atoms with van der Waals surface area (Å²) >= 11 is 0. The van der Waals surface area contributed by atoms with Crippen molar-refractivity contribution >= 4 is 0 Å². The van der Waals surface area contributed by atoms with Gasteiger partial charge in [-0.05, 0) is 29.7 Å². The van der Waals surface area contributed by atoms with Gasteiger partial charge in [0.05, 0.1) is 6.61 Å².